The molecule has 0 heterocycles. The maximum absolute atomic E-state index is 11.9. The summed E-state index contributed by atoms with van der Waals surface area (Å²) < 4.78 is 28.0. The second-order valence-electron chi connectivity index (χ2n) is 3.21. The maximum Gasteiger partial charge on any atom is 0.387 e. The van der Waals surface area contributed by atoms with Gasteiger partial charge in [-0.05, 0) is 24.6 Å². The number of alkyl halides is 2. The van der Waals surface area contributed by atoms with E-state index in [0.29, 0.717) is 0 Å². The first-order valence-electron chi connectivity index (χ1n) is 4.78. The van der Waals surface area contributed by atoms with Crippen molar-refractivity contribution in [2.45, 2.75) is 19.6 Å². The lowest BCUT2D eigenvalue weighted by molar-refractivity contribution is -0.0498. The highest BCUT2D eigenvalue weighted by Crippen LogP contribution is 2.18. The highest BCUT2D eigenvalue weighted by molar-refractivity contribution is 5.29. The van der Waals surface area contributed by atoms with Crippen molar-refractivity contribution < 1.29 is 13.5 Å². The third-order valence-electron chi connectivity index (χ3n) is 2.09. The Labute approximate surface area is 92.6 Å². The van der Waals surface area contributed by atoms with Crippen molar-refractivity contribution in [3.05, 3.63) is 29.8 Å². The zero-order valence-electron chi connectivity index (χ0n) is 8.78. The summed E-state index contributed by atoms with van der Waals surface area (Å²) in [7, 11) is 0. The fourth-order valence-electron chi connectivity index (χ4n) is 1.25. The lowest BCUT2D eigenvalue weighted by atomic mass is 10.1. The highest BCUT2D eigenvalue weighted by atomic mass is 19.3. The van der Waals surface area contributed by atoms with Crippen LogP contribution in [0.3, 0.4) is 0 Å². The zero-order valence-corrected chi connectivity index (χ0v) is 8.78. The van der Waals surface area contributed by atoms with E-state index in [-0.39, 0.29) is 18.3 Å². The van der Waals surface area contributed by atoms with Crippen LogP contribution < -0.4 is 10.1 Å². The number of nitrogens with zero attached hydrogens (tertiary/aromatic N) is 1. The number of halogens is 2. The van der Waals surface area contributed by atoms with Gasteiger partial charge in [0.25, 0.3) is 0 Å². The number of benzene rings is 1. The molecule has 0 bridgehead atoms. The van der Waals surface area contributed by atoms with Crippen molar-refractivity contribution in [3.63, 3.8) is 0 Å². The van der Waals surface area contributed by atoms with Crippen LogP contribution in [0.4, 0.5) is 8.78 Å². The first-order chi connectivity index (χ1) is 7.63. The molecule has 5 heteroatoms. The van der Waals surface area contributed by atoms with E-state index in [1.807, 2.05) is 13.0 Å². The standard InChI is InChI=1S/C11H12F2N2O/c1-8(15-7-6-14)9-2-4-10(5-3-9)16-11(12)13/h2-5,8,11,15H,7H2,1H3. The molecular weight excluding hydrogens is 214 g/mol. The number of nitriles is 1. The minimum Gasteiger partial charge on any atom is -0.435 e. The summed E-state index contributed by atoms with van der Waals surface area (Å²) in [6, 6.07) is 8.30. The molecule has 1 N–H and O–H groups in total. The van der Waals surface area contributed by atoms with Gasteiger partial charge in [-0.1, -0.05) is 12.1 Å². The smallest absolute Gasteiger partial charge is 0.387 e. The third kappa shape index (κ3) is 3.83. The molecule has 1 atom stereocenters. The number of ether oxygens (including phenoxy) is 1. The summed E-state index contributed by atoms with van der Waals surface area (Å²) in [5, 5.41) is 11.3. The summed E-state index contributed by atoms with van der Waals surface area (Å²) in [6.07, 6.45) is 0. The van der Waals surface area contributed by atoms with Gasteiger partial charge in [0.05, 0.1) is 12.6 Å². The van der Waals surface area contributed by atoms with Crippen LogP contribution in [-0.2, 0) is 0 Å². The van der Waals surface area contributed by atoms with Gasteiger partial charge in [-0.15, -0.1) is 0 Å². The lowest BCUT2D eigenvalue weighted by Gasteiger charge is -2.12. The van der Waals surface area contributed by atoms with E-state index in [1.165, 1.54) is 12.1 Å². The van der Waals surface area contributed by atoms with Gasteiger partial charge in [-0.25, -0.2) is 0 Å². The summed E-state index contributed by atoms with van der Waals surface area (Å²) in [5.41, 5.74) is 0.914. The van der Waals surface area contributed by atoms with E-state index in [4.69, 9.17) is 5.26 Å². The molecule has 1 aromatic carbocycles. The number of hydrogen-bond donors (Lipinski definition) is 1. The van der Waals surface area contributed by atoms with E-state index in [2.05, 4.69) is 10.1 Å². The van der Waals surface area contributed by atoms with Gasteiger partial charge < -0.3 is 4.74 Å². The largest absolute Gasteiger partial charge is 0.435 e. The predicted octanol–water partition coefficient (Wildman–Crippen LogP) is 2.46. The Morgan fingerprint density at radius 1 is 1.38 bits per heavy atom. The molecule has 16 heavy (non-hydrogen) atoms. The summed E-state index contributed by atoms with van der Waals surface area (Å²) in [4.78, 5) is 0. The Morgan fingerprint density at radius 2 is 2.00 bits per heavy atom. The molecule has 1 unspecified atom stereocenters. The molecule has 0 aliphatic carbocycles. The highest BCUT2D eigenvalue weighted by Gasteiger charge is 2.06. The third-order valence-corrected chi connectivity index (χ3v) is 2.09. The van der Waals surface area contributed by atoms with Gasteiger partial charge in [0.1, 0.15) is 5.75 Å². The van der Waals surface area contributed by atoms with Crippen LogP contribution in [-0.4, -0.2) is 13.2 Å². The molecular formula is C11H12F2N2O. The van der Waals surface area contributed by atoms with Crippen molar-refractivity contribution in [1.29, 1.82) is 5.26 Å². The number of rotatable bonds is 5. The average molecular weight is 226 g/mol. The zero-order chi connectivity index (χ0) is 12.0. The minimum atomic E-state index is -2.81. The topological polar surface area (TPSA) is 45.0 Å². The van der Waals surface area contributed by atoms with Gasteiger partial charge >= 0.3 is 6.61 Å². The Morgan fingerprint density at radius 3 is 2.50 bits per heavy atom. The Bertz CT molecular complexity index is 359. The molecule has 0 radical (unpaired) electrons. The van der Waals surface area contributed by atoms with Crippen LogP contribution in [0, 0.1) is 11.3 Å². The van der Waals surface area contributed by atoms with Crippen molar-refractivity contribution in [2.75, 3.05) is 6.54 Å². The summed E-state index contributed by atoms with van der Waals surface area (Å²) in [5.74, 6) is 0.131. The first kappa shape index (κ1) is 12.4. The molecule has 0 aromatic heterocycles. The monoisotopic (exact) mass is 226 g/mol. The van der Waals surface area contributed by atoms with Crippen molar-refractivity contribution in [2.24, 2.45) is 0 Å². The fraction of sp³-hybridized carbons (Fsp3) is 0.364. The van der Waals surface area contributed by atoms with Gasteiger partial charge in [0.15, 0.2) is 0 Å². The van der Waals surface area contributed by atoms with E-state index >= 15 is 0 Å². The molecule has 86 valence electrons. The number of hydrogen-bond acceptors (Lipinski definition) is 3. The molecule has 0 aliphatic heterocycles. The van der Waals surface area contributed by atoms with Crippen LogP contribution in [0.1, 0.15) is 18.5 Å². The molecule has 0 spiro atoms. The van der Waals surface area contributed by atoms with Crippen LogP contribution in [0.2, 0.25) is 0 Å². The van der Waals surface area contributed by atoms with Gasteiger partial charge in [-0.3, -0.25) is 5.32 Å². The quantitative estimate of drug-likeness (QED) is 0.784. The van der Waals surface area contributed by atoms with Crippen molar-refractivity contribution >= 4 is 0 Å². The molecule has 0 amide bonds. The average Bonchev–Trinajstić information content (AvgIpc) is 2.26. The second-order valence-corrected chi connectivity index (χ2v) is 3.21. The predicted molar refractivity (Wildman–Crippen MR) is 55.1 cm³/mol. The molecule has 1 aromatic rings. The Balaban J connectivity index is 2.60. The van der Waals surface area contributed by atoms with Crippen LogP contribution >= 0.6 is 0 Å². The van der Waals surface area contributed by atoms with Crippen LogP contribution in [0.25, 0.3) is 0 Å². The molecule has 0 fully saturated rings. The lowest BCUT2D eigenvalue weighted by Crippen LogP contribution is -2.18. The van der Waals surface area contributed by atoms with Crippen molar-refractivity contribution in [3.8, 4) is 11.8 Å². The Hall–Kier alpha value is -1.67. The van der Waals surface area contributed by atoms with Gasteiger partial charge in [0, 0.05) is 6.04 Å². The first-order valence-corrected chi connectivity index (χ1v) is 4.78. The molecule has 3 nitrogen and oxygen atoms in total. The fourth-order valence-corrected chi connectivity index (χ4v) is 1.25. The van der Waals surface area contributed by atoms with Gasteiger partial charge in [-0.2, -0.15) is 14.0 Å². The van der Waals surface area contributed by atoms with E-state index in [9.17, 15) is 8.78 Å². The Kier molecular flexibility index (Phi) is 4.67. The molecule has 0 saturated heterocycles. The SMILES string of the molecule is CC(NCC#N)c1ccc(OC(F)F)cc1. The normalized spacial score (nSPS) is 12.2. The number of nitrogens with one attached hydrogen (secondary N) is 1. The molecule has 1 rings (SSSR count). The minimum absolute atomic E-state index is 0.000231. The van der Waals surface area contributed by atoms with Crippen LogP contribution in [0.15, 0.2) is 24.3 Å². The summed E-state index contributed by atoms with van der Waals surface area (Å²) >= 11 is 0. The van der Waals surface area contributed by atoms with E-state index in [1.54, 1.807) is 12.1 Å². The molecule has 0 saturated carbocycles. The van der Waals surface area contributed by atoms with Crippen LogP contribution in [0.5, 0.6) is 5.75 Å². The van der Waals surface area contributed by atoms with Gasteiger partial charge in [0.2, 0.25) is 0 Å². The van der Waals surface area contributed by atoms with E-state index < -0.39 is 6.61 Å². The van der Waals surface area contributed by atoms with Crippen molar-refractivity contribution in [1.82, 2.24) is 5.32 Å². The van der Waals surface area contributed by atoms with E-state index in [0.717, 1.165) is 5.56 Å². The second kappa shape index (κ2) is 6.03. The maximum atomic E-state index is 11.9. The molecule has 0 aliphatic rings. The summed E-state index contributed by atoms with van der Waals surface area (Å²) in [6.45, 7) is -0.670.